The molecule has 0 unspecified atom stereocenters. The van der Waals surface area contributed by atoms with Crippen LogP contribution in [0.5, 0.6) is 11.5 Å². The second-order valence-corrected chi connectivity index (χ2v) is 8.49. The predicted molar refractivity (Wildman–Crippen MR) is 112 cm³/mol. The number of methoxy groups -OCH3 is 1. The zero-order valence-electron chi connectivity index (χ0n) is 14.8. The van der Waals surface area contributed by atoms with Gasteiger partial charge in [0.05, 0.1) is 11.6 Å². The van der Waals surface area contributed by atoms with Crippen LogP contribution in [0.3, 0.4) is 0 Å². The van der Waals surface area contributed by atoms with Crippen LogP contribution in [0.25, 0.3) is 6.08 Å². The van der Waals surface area contributed by atoms with Gasteiger partial charge < -0.3 is 8.92 Å². The van der Waals surface area contributed by atoms with Gasteiger partial charge in [-0.1, -0.05) is 18.2 Å². The normalized spacial score (nSPS) is 14.1. The summed E-state index contributed by atoms with van der Waals surface area (Å²) in [5.41, 5.74) is 0.226. The van der Waals surface area contributed by atoms with Gasteiger partial charge in [0.2, 0.25) is 0 Å². The quantitative estimate of drug-likeness (QED) is 0.282. The molecule has 2 amide bonds. The number of benzene rings is 2. The molecule has 3 rings (SSSR count). The number of carbonyl (C=O) groups excluding carboxylic acids is 2. The van der Waals surface area contributed by atoms with Gasteiger partial charge in [-0.05, 0) is 64.1 Å². The van der Waals surface area contributed by atoms with Crippen molar-refractivity contribution in [3.05, 3.63) is 58.1 Å². The summed E-state index contributed by atoms with van der Waals surface area (Å²) in [6.07, 6.45) is 1.31. The lowest BCUT2D eigenvalue weighted by atomic mass is 10.1. The van der Waals surface area contributed by atoms with E-state index in [4.69, 9.17) is 21.1 Å². The Bertz CT molecular complexity index is 1120. The lowest BCUT2D eigenvalue weighted by Gasteiger charge is -2.17. The fourth-order valence-corrected chi connectivity index (χ4v) is 4.23. The molecule has 150 valence electrons. The van der Waals surface area contributed by atoms with Gasteiger partial charge in [-0.15, -0.1) is 0 Å². The molecule has 0 atom stereocenters. The molecule has 0 aliphatic carbocycles. The largest absolute Gasteiger partial charge is 0.493 e. The highest BCUT2D eigenvalue weighted by Gasteiger charge is 2.26. The number of ether oxygens (including phenoxy) is 1. The Hall–Kier alpha value is -2.76. The Morgan fingerprint density at radius 2 is 1.69 bits per heavy atom. The molecular weight excluding hydrogens is 484 g/mol. The van der Waals surface area contributed by atoms with Crippen molar-refractivity contribution in [3.8, 4) is 11.5 Å². The predicted octanol–water partition coefficient (Wildman–Crippen LogP) is 2.14. The summed E-state index contributed by atoms with van der Waals surface area (Å²) >= 11 is 8.00. The van der Waals surface area contributed by atoms with Crippen molar-refractivity contribution in [2.45, 2.75) is 4.90 Å². The molecule has 0 aromatic heterocycles. The third-order valence-corrected chi connectivity index (χ3v) is 5.76. The van der Waals surface area contributed by atoms with Gasteiger partial charge in [-0.25, -0.2) is 0 Å². The summed E-state index contributed by atoms with van der Waals surface area (Å²) in [6, 6.07) is 10.5. The number of rotatable bonds is 5. The molecule has 0 saturated carbocycles. The zero-order valence-corrected chi connectivity index (χ0v) is 18.0. The lowest BCUT2D eigenvalue weighted by Crippen LogP contribution is -2.51. The number of hydrogen-bond acceptors (Lipinski definition) is 7. The average Bonchev–Trinajstić information content (AvgIpc) is 2.67. The third kappa shape index (κ3) is 4.63. The first kappa shape index (κ1) is 21.0. The maximum absolute atomic E-state index is 12.5. The van der Waals surface area contributed by atoms with Gasteiger partial charge in [0, 0.05) is 0 Å². The molecule has 2 aromatic rings. The van der Waals surface area contributed by atoms with Crippen molar-refractivity contribution in [1.29, 1.82) is 0 Å². The van der Waals surface area contributed by atoms with Crippen molar-refractivity contribution in [3.63, 3.8) is 0 Å². The van der Waals surface area contributed by atoms with Gasteiger partial charge in [-0.3, -0.25) is 20.2 Å². The minimum absolute atomic E-state index is 0.0216. The Balaban J connectivity index is 1.99. The smallest absolute Gasteiger partial charge is 0.339 e. The molecule has 1 heterocycles. The van der Waals surface area contributed by atoms with Crippen LogP contribution in [0.1, 0.15) is 5.56 Å². The van der Waals surface area contributed by atoms with Crippen molar-refractivity contribution in [1.82, 2.24) is 10.6 Å². The lowest BCUT2D eigenvalue weighted by molar-refractivity contribution is -0.123. The van der Waals surface area contributed by atoms with Crippen molar-refractivity contribution in [2.24, 2.45) is 0 Å². The monoisotopic (exact) mass is 496 g/mol. The Morgan fingerprint density at radius 1 is 1.07 bits per heavy atom. The summed E-state index contributed by atoms with van der Waals surface area (Å²) in [5, 5.41) is 4.58. The zero-order chi connectivity index (χ0) is 21.2. The number of carbonyl (C=O) groups is 2. The molecule has 11 heteroatoms. The molecule has 0 spiro atoms. The highest BCUT2D eigenvalue weighted by molar-refractivity contribution is 9.10. The molecule has 1 saturated heterocycles. The molecular formula is C18H13BrN2O6S2. The van der Waals surface area contributed by atoms with Crippen LogP contribution in [0, 0.1) is 0 Å². The molecule has 0 radical (unpaired) electrons. The second kappa shape index (κ2) is 8.31. The average molecular weight is 497 g/mol. The summed E-state index contributed by atoms with van der Waals surface area (Å²) < 4.78 is 35.8. The first-order valence-corrected chi connectivity index (χ1v) is 10.6. The van der Waals surface area contributed by atoms with Crippen LogP contribution in [0.4, 0.5) is 0 Å². The van der Waals surface area contributed by atoms with Crippen molar-refractivity contribution >= 4 is 61.3 Å². The summed E-state index contributed by atoms with van der Waals surface area (Å²) in [5.74, 6) is -1.29. The van der Waals surface area contributed by atoms with Crippen LogP contribution < -0.4 is 19.6 Å². The van der Waals surface area contributed by atoms with Crippen LogP contribution in [-0.4, -0.2) is 32.5 Å². The van der Waals surface area contributed by atoms with Gasteiger partial charge in [-0.2, -0.15) is 8.42 Å². The van der Waals surface area contributed by atoms with E-state index in [9.17, 15) is 18.0 Å². The number of thiocarbonyl (C=S) groups is 1. The summed E-state index contributed by atoms with van der Waals surface area (Å²) in [6.45, 7) is 0. The van der Waals surface area contributed by atoms with E-state index in [-0.39, 0.29) is 31.6 Å². The van der Waals surface area contributed by atoms with Gasteiger partial charge >= 0.3 is 10.1 Å². The maximum Gasteiger partial charge on any atom is 0.339 e. The van der Waals surface area contributed by atoms with E-state index in [0.717, 1.165) is 0 Å². The number of hydrogen-bond donors (Lipinski definition) is 2. The number of nitrogens with one attached hydrogen (secondary N) is 2. The second-order valence-electron chi connectivity index (χ2n) is 5.68. The van der Waals surface area contributed by atoms with Gasteiger partial charge in [0.15, 0.2) is 16.6 Å². The summed E-state index contributed by atoms with van der Waals surface area (Å²) in [7, 11) is -2.77. The molecule has 2 N–H and O–H groups in total. The Morgan fingerprint density at radius 3 is 2.28 bits per heavy atom. The minimum atomic E-state index is -4.10. The molecule has 1 aliphatic rings. The highest BCUT2D eigenvalue weighted by Crippen LogP contribution is 2.39. The molecule has 1 aliphatic heterocycles. The van der Waals surface area contributed by atoms with E-state index in [1.165, 1.54) is 37.5 Å². The van der Waals surface area contributed by atoms with Crippen molar-refractivity contribution in [2.75, 3.05) is 7.11 Å². The van der Waals surface area contributed by atoms with Crippen LogP contribution >= 0.6 is 28.1 Å². The molecule has 8 nitrogen and oxygen atoms in total. The topological polar surface area (TPSA) is 111 Å². The van der Waals surface area contributed by atoms with Crippen LogP contribution in [-0.2, 0) is 19.7 Å². The van der Waals surface area contributed by atoms with E-state index in [1.807, 2.05) is 0 Å². The van der Waals surface area contributed by atoms with E-state index in [0.29, 0.717) is 5.56 Å². The van der Waals surface area contributed by atoms with E-state index in [1.54, 1.807) is 18.2 Å². The van der Waals surface area contributed by atoms with E-state index < -0.39 is 21.9 Å². The van der Waals surface area contributed by atoms with Crippen molar-refractivity contribution < 1.29 is 26.9 Å². The standard InChI is InChI=1S/C18H13BrN2O6S2/c1-26-14-9-10(7-12-16(22)20-18(28)21-17(12)23)8-13(19)15(14)27-29(24,25)11-5-3-2-4-6-11/h2-9H,1H3,(H2,20,21,22,23,28). The molecule has 29 heavy (non-hydrogen) atoms. The van der Waals surface area contributed by atoms with Gasteiger partial charge in [0.1, 0.15) is 10.5 Å². The van der Waals surface area contributed by atoms with Gasteiger partial charge in [0.25, 0.3) is 11.8 Å². The maximum atomic E-state index is 12.5. The first-order valence-electron chi connectivity index (χ1n) is 7.96. The molecule has 0 bridgehead atoms. The third-order valence-electron chi connectivity index (χ3n) is 3.73. The van der Waals surface area contributed by atoms with Crippen LogP contribution in [0.15, 0.2) is 57.4 Å². The number of halogens is 1. The summed E-state index contributed by atoms with van der Waals surface area (Å²) in [4.78, 5) is 24.0. The fourth-order valence-electron chi connectivity index (χ4n) is 2.42. The van der Waals surface area contributed by atoms with Crippen LogP contribution in [0.2, 0.25) is 0 Å². The van der Waals surface area contributed by atoms with E-state index >= 15 is 0 Å². The fraction of sp³-hybridized carbons (Fsp3) is 0.0556. The first-order chi connectivity index (χ1) is 13.7. The number of amides is 2. The highest BCUT2D eigenvalue weighted by atomic mass is 79.9. The Labute approximate surface area is 180 Å². The SMILES string of the molecule is COc1cc(C=C2C(=O)NC(=S)NC2=O)cc(Br)c1OS(=O)(=O)c1ccccc1. The molecule has 1 fully saturated rings. The van der Waals surface area contributed by atoms with E-state index in [2.05, 4.69) is 26.6 Å². The minimum Gasteiger partial charge on any atom is -0.493 e. The molecule has 2 aromatic carbocycles. The Kier molecular flexibility index (Phi) is 6.01.